The number of benzene rings is 1. The highest BCUT2D eigenvalue weighted by Gasteiger charge is 2.15. The molecule has 0 spiro atoms. The van der Waals surface area contributed by atoms with Crippen molar-refractivity contribution in [1.29, 1.82) is 0 Å². The summed E-state index contributed by atoms with van der Waals surface area (Å²) >= 11 is 7.75. The summed E-state index contributed by atoms with van der Waals surface area (Å²) in [6.07, 6.45) is 0.935. The van der Waals surface area contributed by atoms with E-state index in [-0.39, 0.29) is 0 Å². The van der Waals surface area contributed by atoms with Crippen molar-refractivity contribution in [1.82, 2.24) is 4.90 Å². The van der Waals surface area contributed by atoms with Crippen molar-refractivity contribution in [2.45, 2.75) is 24.3 Å². The van der Waals surface area contributed by atoms with Crippen LogP contribution in [0.4, 0.5) is 0 Å². The average molecular weight is 288 g/mol. The van der Waals surface area contributed by atoms with Crippen LogP contribution in [0, 0.1) is 0 Å². The van der Waals surface area contributed by atoms with Crippen LogP contribution in [-0.4, -0.2) is 41.4 Å². The Labute approximate surface area is 117 Å². The van der Waals surface area contributed by atoms with Gasteiger partial charge in [-0.2, -0.15) is 0 Å². The highest BCUT2D eigenvalue weighted by Crippen LogP contribution is 2.26. The van der Waals surface area contributed by atoms with Crippen molar-refractivity contribution < 1.29 is 9.90 Å². The van der Waals surface area contributed by atoms with E-state index >= 15 is 0 Å². The molecule has 0 fully saturated rings. The number of carbonyl (C=O) groups is 1. The van der Waals surface area contributed by atoms with Crippen molar-refractivity contribution >= 4 is 29.3 Å². The molecule has 0 radical (unpaired) electrons. The molecule has 0 aliphatic carbocycles. The smallest absolute Gasteiger partial charge is 0.320 e. The minimum Gasteiger partial charge on any atom is -0.480 e. The van der Waals surface area contributed by atoms with Gasteiger partial charge in [-0.15, -0.1) is 11.8 Å². The highest BCUT2D eigenvalue weighted by molar-refractivity contribution is 7.99. The summed E-state index contributed by atoms with van der Waals surface area (Å²) in [6, 6.07) is 7.32. The van der Waals surface area contributed by atoms with Crippen molar-refractivity contribution in [3.63, 3.8) is 0 Å². The van der Waals surface area contributed by atoms with Crippen molar-refractivity contribution in [2.24, 2.45) is 0 Å². The lowest BCUT2D eigenvalue weighted by atomic mass is 10.3. The molecule has 5 heteroatoms. The maximum atomic E-state index is 10.8. The molecule has 3 nitrogen and oxygen atoms in total. The Morgan fingerprint density at radius 1 is 1.50 bits per heavy atom. The molecule has 0 aliphatic heterocycles. The van der Waals surface area contributed by atoms with Gasteiger partial charge in [0.25, 0.3) is 0 Å². The van der Waals surface area contributed by atoms with Gasteiger partial charge in [-0.25, -0.2) is 0 Å². The molecule has 0 aliphatic rings. The fourth-order valence-corrected chi connectivity index (χ4v) is 2.61. The first-order valence-electron chi connectivity index (χ1n) is 5.82. The van der Waals surface area contributed by atoms with E-state index in [1.807, 2.05) is 36.2 Å². The minimum atomic E-state index is -0.781. The van der Waals surface area contributed by atoms with Crippen LogP contribution in [0.25, 0.3) is 0 Å². The Morgan fingerprint density at radius 2 is 2.17 bits per heavy atom. The zero-order valence-electron chi connectivity index (χ0n) is 10.6. The topological polar surface area (TPSA) is 40.5 Å². The second-order valence-electron chi connectivity index (χ2n) is 4.13. The fraction of sp³-hybridized carbons (Fsp3) is 0.462. The molecule has 0 bridgehead atoms. The summed E-state index contributed by atoms with van der Waals surface area (Å²) in [6.45, 7) is 2.47. The Hall–Kier alpha value is -0.710. The number of likely N-dealkylation sites (N-methyl/N-ethyl adjacent to an activating group) is 1. The van der Waals surface area contributed by atoms with Gasteiger partial charge in [0.15, 0.2) is 0 Å². The number of halogens is 1. The van der Waals surface area contributed by atoms with Crippen LogP contribution in [0.3, 0.4) is 0 Å². The quantitative estimate of drug-likeness (QED) is 0.617. The molecule has 18 heavy (non-hydrogen) atoms. The summed E-state index contributed by atoms with van der Waals surface area (Å²) < 4.78 is 0. The highest BCUT2D eigenvalue weighted by atomic mass is 35.5. The Morgan fingerprint density at radius 3 is 2.78 bits per heavy atom. The zero-order valence-corrected chi connectivity index (χ0v) is 12.2. The molecule has 1 unspecified atom stereocenters. The molecule has 1 aromatic carbocycles. The molecule has 1 aromatic rings. The van der Waals surface area contributed by atoms with Crippen LogP contribution < -0.4 is 0 Å². The van der Waals surface area contributed by atoms with E-state index in [9.17, 15) is 4.79 Å². The zero-order chi connectivity index (χ0) is 13.5. The van der Waals surface area contributed by atoms with Gasteiger partial charge in [0.05, 0.1) is 5.02 Å². The number of rotatable bonds is 7. The lowest BCUT2D eigenvalue weighted by molar-refractivity contribution is -0.142. The van der Waals surface area contributed by atoms with E-state index in [1.165, 1.54) is 0 Å². The molecule has 100 valence electrons. The van der Waals surface area contributed by atoms with E-state index in [1.54, 1.807) is 18.7 Å². The van der Waals surface area contributed by atoms with Crippen LogP contribution in [0.5, 0.6) is 0 Å². The largest absolute Gasteiger partial charge is 0.480 e. The number of carboxylic acids is 1. The van der Waals surface area contributed by atoms with Gasteiger partial charge in [-0.05, 0) is 44.8 Å². The van der Waals surface area contributed by atoms with Crippen LogP contribution >= 0.6 is 23.4 Å². The lowest BCUT2D eigenvalue weighted by Crippen LogP contribution is -2.36. The average Bonchev–Trinajstić information content (AvgIpc) is 2.35. The Balaban J connectivity index is 2.27. The number of thioether (sulfide) groups is 1. The first kappa shape index (κ1) is 15.3. The molecule has 1 rings (SSSR count). The summed E-state index contributed by atoms with van der Waals surface area (Å²) in [4.78, 5) is 13.7. The van der Waals surface area contributed by atoms with Gasteiger partial charge < -0.3 is 5.11 Å². The molecule has 1 atom stereocenters. The van der Waals surface area contributed by atoms with E-state index < -0.39 is 12.0 Å². The molecule has 0 heterocycles. The van der Waals surface area contributed by atoms with Gasteiger partial charge in [-0.1, -0.05) is 23.7 Å². The number of hydrogen-bond acceptors (Lipinski definition) is 3. The van der Waals surface area contributed by atoms with Crippen LogP contribution in [0.15, 0.2) is 29.2 Å². The van der Waals surface area contributed by atoms with E-state index in [2.05, 4.69) is 0 Å². The van der Waals surface area contributed by atoms with Gasteiger partial charge >= 0.3 is 5.97 Å². The Bertz CT molecular complexity index is 400. The van der Waals surface area contributed by atoms with Crippen molar-refractivity contribution in [2.75, 3.05) is 19.3 Å². The molecular formula is C13H18ClNO2S. The molecule has 0 saturated heterocycles. The maximum absolute atomic E-state index is 10.8. The van der Waals surface area contributed by atoms with Crippen molar-refractivity contribution in [3.05, 3.63) is 29.3 Å². The first-order chi connectivity index (χ1) is 8.52. The van der Waals surface area contributed by atoms with Crippen LogP contribution in [0.1, 0.15) is 13.3 Å². The number of hydrogen-bond donors (Lipinski definition) is 1. The first-order valence-corrected chi connectivity index (χ1v) is 7.19. The van der Waals surface area contributed by atoms with E-state index in [4.69, 9.17) is 16.7 Å². The normalized spacial score (nSPS) is 12.7. The predicted octanol–water partition coefficient (Wildman–Crippen LogP) is 3.23. The standard InChI is InChI=1S/C13H18ClNO2S/c1-10(13(16)17)15(2)8-5-9-18-12-7-4-3-6-11(12)14/h3-4,6-7,10H,5,8-9H2,1-2H3,(H,16,17). The van der Waals surface area contributed by atoms with Crippen LogP contribution in [-0.2, 0) is 4.79 Å². The summed E-state index contributed by atoms with van der Waals surface area (Å²) in [5, 5.41) is 9.63. The third-order valence-corrected chi connectivity index (χ3v) is 4.37. The fourth-order valence-electron chi connectivity index (χ4n) is 1.44. The maximum Gasteiger partial charge on any atom is 0.320 e. The van der Waals surface area contributed by atoms with E-state index in [0.29, 0.717) is 0 Å². The van der Waals surface area contributed by atoms with Crippen LogP contribution in [0.2, 0.25) is 5.02 Å². The lowest BCUT2D eigenvalue weighted by Gasteiger charge is -2.20. The molecular weight excluding hydrogens is 270 g/mol. The minimum absolute atomic E-state index is 0.435. The van der Waals surface area contributed by atoms with Gasteiger partial charge in [-0.3, -0.25) is 9.69 Å². The number of carboxylic acid groups (broad SMARTS) is 1. The summed E-state index contributed by atoms with van der Waals surface area (Å²) in [7, 11) is 1.83. The van der Waals surface area contributed by atoms with Gasteiger partial charge in [0, 0.05) is 4.90 Å². The Kier molecular flexibility index (Phi) is 6.54. The number of aliphatic carboxylic acids is 1. The predicted molar refractivity (Wildman–Crippen MR) is 76.5 cm³/mol. The molecule has 1 N–H and O–H groups in total. The molecule has 0 aromatic heterocycles. The summed E-state index contributed by atoms with van der Waals surface area (Å²) in [5.41, 5.74) is 0. The summed E-state index contributed by atoms with van der Waals surface area (Å²) in [5.74, 6) is 0.150. The van der Waals surface area contributed by atoms with E-state index in [0.717, 1.165) is 28.6 Å². The monoisotopic (exact) mass is 287 g/mol. The third-order valence-electron chi connectivity index (χ3n) is 2.77. The third kappa shape index (κ3) is 4.88. The second-order valence-corrected chi connectivity index (χ2v) is 5.67. The number of nitrogens with zero attached hydrogens (tertiary/aromatic N) is 1. The van der Waals surface area contributed by atoms with Gasteiger partial charge in [0.1, 0.15) is 6.04 Å². The second kappa shape index (κ2) is 7.67. The van der Waals surface area contributed by atoms with Gasteiger partial charge in [0.2, 0.25) is 0 Å². The molecule has 0 saturated carbocycles. The van der Waals surface area contributed by atoms with Crippen molar-refractivity contribution in [3.8, 4) is 0 Å². The molecule has 0 amide bonds. The SMILES string of the molecule is CC(C(=O)O)N(C)CCCSc1ccccc1Cl.